The number of carbonyl (C=O) groups is 1. The summed E-state index contributed by atoms with van der Waals surface area (Å²) in [5, 5.41) is 0.310. The van der Waals surface area contributed by atoms with Crippen molar-refractivity contribution >= 4 is 28.7 Å². The van der Waals surface area contributed by atoms with E-state index in [0.29, 0.717) is 29.2 Å². The van der Waals surface area contributed by atoms with E-state index in [1.54, 1.807) is 6.33 Å². The Morgan fingerprint density at radius 1 is 1.41 bits per heavy atom. The standard InChI is InChI=1S/C14H15ClN4O3/c1-9(20)21-6-10-4-2-3-5-11(22-10)19-8-18-12-13(15)16-7-17-14(12)19/h2-3,7-8,10-11H,4-6H2,1H3/t10-,11?/m0/s1. The van der Waals surface area contributed by atoms with Crippen molar-refractivity contribution in [1.29, 1.82) is 0 Å². The third-order valence-electron chi connectivity index (χ3n) is 3.35. The molecule has 0 N–H and O–H groups in total. The Kier molecular flexibility index (Phi) is 4.35. The minimum absolute atomic E-state index is 0.206. The van der Waals surface area contributed by atoms with E-state index in [0.717, 1.165) is 0 Å². The third-order valence-corrected chi connectivity index (χ3v) is 3.63. The van der Waals surface area contributed by atoms with Crippen LogP contribution in [0, 0.1) is 0 Å². The largest absolute Gasteiger partial charge is 0.463 e. The van der Waals surface area contributed by atoms with Gasteiger partial charge in [0.2, 0.25) is 0 Å². The van der Waals surface area contributed by atoms with Gasteiger partial charge in [0.05, 0.1) is 12.4 Å². The Morgan fingerprint density at radius 2 is 2.23 bits per heavy atom. The molecule has 0 aromatic carbocycles. The van der Waals surface area contributed by atoms with Gasteiger partial charge in [-0.25, -0.2) is 15.0 Å². The molecular weight excluding hydrogens is 308 g/mol. The van der Waals surface area contributed by atoms with Crippen LogP contribution in [0.2, 0.25) is 5.15 Å². The number of esters is 1. The van der Waals surface area contributed by atoms with Crippen LogP contribution in [0.1, 0.15) is 26.0 Å². The SMILES string of the molecule is CC(=O)OC[C@@H]1CC=CCC(n2cnc3c(Cl)ncnc32)O1. The van der Waals surface area contributed by atoms with Gasteiger partial charge in [-0.3, -0.25) is 9.36 Å². The lowest BCUT2D eigenvalue weighted by Gasteiger charge is -2.22. The van der Waals surface area contributed by atoms with Crippen LogP contribution in [0.3, 0.4) is 0 Å². The molecule has 116 valence electrons. The van der Waals surface area contributed by atoms with Gasteiger partial charge in [0.25, 0.3) is 0 Å². The van der Waals surface area contributed by atoms with E-state index in [2.05, 4.69) is 15.0 Å². The molecule has 0 amide bonds. The van der Waals surface area contributed by atoms with E-state index in [4.69, 9.17) is 21.1 Å². The molecule has 0 aliphatic carbocycles. The van der Waals surface area contributed by atoms with Crippen molar-refractivity contribution in [2.45, 2.75) is 32.1 Å². The van der Waals surface area contributed by atoms with Gasteiger partial charge in [0.1, 0.15) is 24.7 Å². The molecule has 3 heterocycles. The number of ether oxygens (including phenoxy) is 2. The van der Waals surface area contributed by atoms with Crippen LogP contribution in [-0.2, 0) is 14.3 Å². The average Bonchev–Trinajstić information content (AvgIpc) is 2.79. The highest BCUT2D eigenvalue weighted by Crippen LogP contribution is 2.26. The van der Waals surface area contributed by atoms with E-state index in [9.17, 15) is 4.79 Å². The van der Waals surface area contributed by atoms with Crippen LogP contribution in [0.25, 0.3) is 11.2 Å². The second kappa shape index (κ2) is 6.41. The molecule has 1 unspecified atom stereocenters. The zero-order valence-corrected chi connectivity index (χ0v) is 12.7. The second-order valence-electron chi connectivity index (χ2n) is 4.95. The van der Waals surface area contributed by atoms with Crippen LogP contribution in [0.5, 0.6) is 0 Å². The van der Waals surface area contributed by atoms with E-state index >= 15 is 0 Å². The maximum absolute atomic E-state index is 11.0. The first-order valence-electron chi connectivity index (χ1n) is 6.92. The number of halogens is 1. The van der Waals surface area contributed by atoms with Gasteiger partial charge in [0, 0.05) is 13.3 Å². The van der Waals surface area contributed by atoms with Crippen molar-refractivity contribution in [2.24, 2.45) is 0 Å². The summed E-state index contributed by atoms with van der Waals surface area (Å²) in [7, 11) is 0. The molecule has 2 atom stereocenters. The predicted octanol–water partition coefficient (Wildman–Crippen LogP) is 2.28. The second-order valence-corrected chi connectivity index (χ2v) is 5.30. The fraction of sp³-hybridized carbons (Fsp3) is 0.429. The molecule has 1 aliphatic rings. The van der Waals surface area contributed by atoms with Crippen molar-refractivity contribution in [3.63, 3.8) is 0 Å². The first-order chi connectivity index (χ1) is 10.6. The molecule has 22 heavy (non-hydrogen) atoms. The van der Waals surface area contributed by atoms with Crippen molar-refractivity contribution in [1.82, 2.24) is 19.5 Å². The van der Waals surface area contributed by atoms with Crippen LogP contribution in [0.4, 0.5) is 0 Å². The molecular formula is C14H15ClN4O3. The lowest BCUT2D eigenvalue weighted by atomic mass is 10.2. The summed E-state index contributed by atoms with van der Waals surface area (Å²) in [6, 6.07) is 0. The van der Waals surface area contributed by atoms with Gasteiger partial charge in [0.15, 0.2) is 10.8 Å². The summed E-state index contributed by atoms with van der Waals surface area (Å²) in [6.45, 7) is 1.60. The molecule has 8 heteroatoms. The molecule has 0 fully saturated rings. The van der Waals surface area contributed by atoms with Gasteiger partial charge in [-0.15, -0.1) is 0 Å². The quantitative estimate of drug-likeness (QED) is 0.490. The maximum Gasteiger partial charge on any atom is 0.302 e. The highest BCUT2D eigenvalue weighted by atomic mass is 35.5. The van der Waals surface area contributed by atoms with Crippen molar-refractivity contribution in [3.8, 4) is 0 Å². The van der Waals surface area contributed by atoms with E-state index in [-0.39, 0.29) is 24.9 Å². The lowest BCUT2D eigenvalue weighted by molar-refractivity contribution is -0.148. The van der Waals surface area contributed by atoms with Gasteiger partial charge in [-0.05, 0) is 6.42 Å². The third kappa shape index (κ3) is 3.10. The van der Waals surface area contributed by atoms with Gasteiger partial charge < -0.3 is 9.47 Å². The topological polar surface area (TPSA) is 79.1 Å². The van der Waals surface area contributed by atoms with Crippen molar-refractivity contribution in [3.05, 3.63) is 30.0 Å². The normalized spacial score (nSPS) is 21.7. The fourth-order valence-corrected chi connectivity index (χ4v) is 2.50. The average molecular weight is 323 g/mol. The minimum Gasteiger partial charge on any atom is -0.463 e. The van der Waals surface area contributed by atoms with Crippen LogP contribution >= 0.6 is 11.6 Å². The van der Waals surface area contributed by atoms with E-state index < -0.39 is 0 Å². The van der Waals surface area contributed by atoms with E-state index in [1.165, 1.54) is 13.3 Å². The Balaban J connectivity index is 1.84. The smallest absolute Gasteiger partial charge is 0.302 e. The number of rotatable bonds is 3. The molecule has 1 aliphatic heterocycles. The Bertz CT molecular complexity index is 715. The zero-order valence-electron chi connectivity index (χ0n) is 12.0. The Labute approximate surface area is 131 Å². The Morgan fingerprint density at radius 3 is 3.05 bits per heavy atom. The van der Waals surface area contributed by atoms with Gasteiger partial charge in [-0.1, -0.05) is 23.8 Å². The summed E-state index contributed by atoms with van der Waals surface area (Å²) in [5.41, 5.74) is 1.16. The molecule has 0 bridgehead atoms. The van der Waals surface area contributed by atoms with E-state index in [1.807, 2.05) is 16.7 Å². The number of nitrogens with zero attached hydrogens (tertiary/aromatic N) is 4. The zero-order chi connectivity index (χ0) is 15.5. The van der Waals surface area contributed by atoms with Crippen molar-refractivity contribution in [2.75, 3.05) is 6.61 Å². The predicted molar refractivity (Wildman–Crippen MR) is 79.3 cm³/mol. The van der Waals surface area contributed by atoms with Crippen LogP contribution in [-0.4, -0.2) is 38.2 Å². The number of carbonyl (C=O) groups excluding carboxylic acids is 1. The lowest BCUT2D eigenvalue weighted by Crippen LogP contribution is -2.24. The summed E-state index contributed by atoms with van der Waals surface area (Å²) < 4.78 is 12.9. The maximum atomic E-state index is 11.0. The number of imidazole rings is 1. The molecule has 0 saturated carbocycles. The Hall–Kier alpha value is -1.99. The number of hydrogen-bond acceptors (Lipinski definition) is 6. The van der Waals surface area contributed by atoms with Crippen LogP contribution in [0.15, 0.2) is 24.8 Å². The number of fused-ring (bicyclic) bond motifs is 1. The van der Waals surface area contributed by atoms with Gasteiger partial charge in [-0.2, -0.15) is 0 Å². The summed E-state index contributed by atoms with van der Waals surface area (Å²) in [4.78, 5) is 23.3. The highest BCUT2D eigenvalue weighted by Gasteiger charge is 2.22. The molecule has 2 aromatic rings. The van der Waals surface area contributed by atoms with Crippen LogP contribution < -0.4 is 0 Å². The summed E-state index contributed by atoms with van der Waals surface area (Å²) in [5.74, 6) is -0.319. The molecule has 0 saturated heterocycles. The van der Waals surface area contributed by atoms with Crippen molar-refractivity contribution < 1.29 is 14.3 Å². The molecule has 0 spiro atoms. The summed E-state index contributed by atoms with van der Waals surface area (Å²) in [6.07, 6.45) is 7.96. The fourth-order valence-electron chi connectivity index (χ4n) is 2.32. The number of aromatic nitrogens is 4. The monoisotopic (exact) mass is 322 g/mol. The molecule has 2 aromatic heterocycles. The summed E-state index contributed by atoms with van der Waals surface area (Å²) >= 11 is 6.02. The first-order valence-corrected chi connectivity index (χ1v) is 7.30. The highest BCUT2D eigenvalue weighted by molar-refractivity contribution is 6.33. The first kappa shape index (κ1) is 14.9. The van der Waals surface area contributed by atoms with Gasteiger partial charge >= 0.3 is 5.97 Å². The molecule has 7 nitrogen and oxygen atoms in total. The number of hydrogen-bond donors (Lipinski definition) is 0. The minimum atomic E-state index is -0.319. The molecule has 0 radical (unpaired) electrons. The molecule has 3 rings (SSSR count).